The number of benzene rings is 1. The number of likely N-dealkylation sites (tertiary alicyclic amines) is 1. The summed E-state index contributed by atoms with van der Waals surface area (Å²) < 4.78 is 0. The van der Waals surface area contributed by atoms with Crippen molar-refractivity contribution in [3.05, 3.63) is 35.4 Å². The van der Waals surface area contributed by atoms with E-state index in [4.69, 9.17) is 5.26 Å². The molecule has 1 saturated heterocycles. The van der Waals surface area contributed by atoms with Gasteiger partial charge in [0, 0.05) is 26.2 Å². The first kappa shape index (κ1) is 19.7. The minimum atomic E-state index is 0. The topological polar surface area (TPSA) is 63.4 Å². The molecule has 126 valence electrons. The van der Waals surface area contributed by atoms with Crippen molar-refractivity contribution in [1.82, 2.24) is 15.5 Å². The molecule has 0 amide bonds. The molecule has 1 aromatic rings. The van der Waals surface area contributed by atoms with Crippen LogP contribution in [0.15, 0.2) is 29.3 Å². The Morgan fingerprint density at radius 2 is 2.09 bits per heavy atom. The SMILES string of the molecule is CCN1CCCC1CNC(=NC)NCc1ccc(C#N)cc1.I. The van der Waals surface area contributed by atoms with Gasteiger partial charge in [0.15, 0.2) is 5.96 Å². The molecular weight excluding hydrogens is 401 g/mol. The van der Waals surface area contributed by atoms with Crippen LogP contribution >= 0.6 is 24.0 Å². The van der Waals surface area contributed by atoms with Gasteiger partial charge in [-0.1, -0.05) is 19.1 Å². The van der Waals surface area contributed by atoms with Gasteiger partial charge >= 0.3 is 0 Å². The van der Waals surface area contributed by atoms with Crippen molar-refractivity contribution in [2.75, 3.05) is 26.7 Å². The van der Waals surface area contributed by atoms with Gasteiger partial charge in [-0.2, -0.15) is 5.26 Å². The number of hydrogen-bond donors (Lipinski definition) is 2. The Morgan fingerprint density at radius 1 is 1.35 bits per heavy atom. The predicted molar refractivity (Wildman–Crippen MR) is 105 cm³/mol. The molecule has 5 nitrogen and oxygen atoms in total. The Labute approximate surface area is 156 Å². The molecule has 1 aromatic carbocycles. The fourth-order valence-corrected chi connectivity index (χ4v) is 2.86. The normalized spacial score (nSPS) is 18.1. The van der Waals surface area contributed by atoms with Crippen LogP contribution in [0.1, 0.15) is 30.9 Å². The molecule has 1 aliphatic rings. The maximum absolute atomic E-state index is 8.80. The molecule has 1 atom stereocenters. The maximum Gasteiger partial charge on any atom is 0.191 e. The first-order chi connectivity index (χ1) is 10.8. The third-order valence-electron chi connectivity index (χ3n) is 4.18. The summed E-state index contributed by atoms with van der Waals surface area (Å²) in [6.45, 7) is 6.18. The van der Waals surface area contributed by atoms with E-state index < -0.39 is 0 Å². The van der Waals surface area contributed by atoms with Gasteiger partial charge in [0.1, 0.15) is 0 Å². The fraction of sp³-hybridized carbons (Fsp3) is 0.529. The number of likely N-dealkylation sites (N-methyl/N-ethyl adjacent to an activating group) is 1. The van der Waals surface area contributed by atoms with Gasteiger partial charge in [-0.15, -0.1) is 24.0 Å². The summed E-state index contributed by atoms with van der Waals surface area (Å²) >= 11 is 0. The van der Waals surface area contributed by atoms with Crippen LogP contribution in [0.4, 0.5) is 0 Å². The van der Waals surface area contributed by atoms with Gasteiger partial charge < -0.3 is 10.6 Å². The molecule has 1 aliphatic heterocycles. The summed E-state index contributed by atoms with van der Waals surface area (Å²) in [7, 11) is 1.79. The number of aliphatic imine (C=N–C) groups is 1. The van der Waals surface area contributed by atoms with Crippen LogP contribution in [0.2, 0.25) is 0 Å². The van der Waals surface area contributed by atoms with Crippen LogP contribution in [0.5, 0.6) is 0 Å². The summed E-state index contributed by atoms with van der Waals surface area (Å²) in [4.78, 5) is 6.79. The highest BCUT2D eigenvalue weighted by Crippen LogP contribution is 2.15. The van der Waals surface area contributed by atoms with E-state index >= 15 is 0 Å². The molecule has 0 aliphatic carbocycles. The Morgan fingerprint density at radius 3 is 2.70 bits per heavy atom. The molecule has 1 fully saturated rings. The summed E-state index contributed by atoms with van der Waals surface area (Å²) in [6, 6.07) is 10.4. The lowest BCUT2D eigenvalue weighted by molar-refractivity contribution is 0.267. The summed E-state index contributed by atoms with van der Waals surface area (Å²) in [5, 5.41) is 15.5. The van der Waals surface area contributed by atoms with Crippen molar-refractivity contribution in [3.8, 4) is 6.07 Å². The van der Waals surface area contributed by atoms with E-state index in [1.54, 1.807) is 7.05 Å². The second-order valence-corrected chi connectivity index (χ2v) is 5.54. The molecule has 0 aromatic heterocycles. The van der Waals surface area contributed by atoms with Gasteiger partial charge in [-0.25, -0.2) is 0 Å². The van der Waals surface area contributed by atoms with E-state index in [1.165, 1.54) is 19.4 Å². The third kappa shape index (κ3) is 5.99. The molecule has 0 radical (unpaired) electrons. The van der Waals surface area contributed by atoms with E-state index in [1.807, 2.05) is 24.3 Å². The molecule has 1 heterocycles. The Hall–Kier alpha value is -1.33. The highest BCUT2D eigenvalue weighted by Gasteiger charge is 2.22. The van der Waals surface area contributed by atoms with E-state index in [0.29, 0.717) is 18.2 Å². The van der Waals surface area contributed by atoms with Crippen molar-refractivity contribution >= 4 is 29.9 Å². The Bertz CT molecular complexity index is 535. The first-order valence-electron chi connectivity index (χ1n) is 7.94. The zero-order valence-corrected chi connectivity index (χ0v) is 16.2. The molecule has 0 spiro atoms. The minimum Gasteiger partial charge on any atom is -0.355 e. The van der Waals surface area contributed by atoms with Gasteiger partial charge in [0.2, 0.25) is 0 Å². The van der Waals surface area contributed by atoms with Crippen LogP contribution in [0.25, 0.3) is 0 Å². The number of hydrogen-bond acceptors (Lipinski definition) is 3. The fourth-order valence-electron chi connectivity index (χ4n) is 2.86. The summed E-state index contributed by atoms with van der Waals surface area (Å²) in [6.07, 6.45) is 2.55. The molecule has 2 rings (SSSR count). The number of nitriles is 1. The predicted octanol–water partition coefficient (Wildman–Crippen LogP) is 2.33. The van der Waals surface area contributed by atoms with Gasteiger partial charge in [-0.3, -0.25) is 9.89 Å². The van der Waals surface area contributed by atoms with Crippen molar-refractivity contribution in [1.29, 1.82) is 5.26 Å². The number of nitrogens with zero attached hydrogens (tertiary/aromatic N) is 3. The average Bonchev–Trinajstić information content (AvgIpc) is 3.03. The molecular formula is C17H26IN5. The highest BCUT2D eigenvalue weighted by atomic mass is 127. The summed E-state index contributed by atoms with van der Waals surface area (Å²) in [5.41, 5.74) is 1.82. The average molecular weight is 427 g/mol. The van der Waals surface area contributed by atoms with E-state index in [0.717, 1.165) is 24.6 Å². The molecule has 6 heteroatoms. The van der Waals surface area contributed by atoms with Crippen molar-refractivity contribution in [2.45, 2.75) is 32.4 Å². The first-order valence-corrected chi connectivity index (χ1v) is 7.94. The zero-order valence-electron chi connectivity index (χ0n) is 13.9. The lowest BCUT2D eigenvalue weighted by Gasteiger charge is -2.24. The molecule has 0 saturated carbocycles. The van der Waals surface area contributed by atoms with Crippen LogP contribution < -0.4 is 10.6 Å². The van der Waals surface area contributed by atoms with Gasteiger partial charge in [0.25, 0.3) is 0 Å². The Kier molecular flexibility index (Phi) is 8.95. The maximum atomic E-state index is 8.80. The molecule has 2 N–H and O–H groups in total. The number of guanidine groups is 1. The molecule has 0 bridgehead atoms. The van der Waals surface area contributed by atoms with Crippen LogP contribution in [-0.4, -0.2) is 43.6 Å². The lowest BCUT2D eigenvalue weighted by atomic mass is 10.1. The van der Waals surface area contributed by atoms with Crippen molar-refractivity contribution < 1.29 is 0 Å². The molecule has 23 heavy (non-hydrogen) atoms. The minimum absolute atomic E-state index is 0. The quantitative estimate of drug-likeness (QED) is 0.430. The van der Waals surface area contributed by atoms with Crippen molar-refractivity contribution in [3.63, 3.8) is 0 Å². The monoisotopic (exact) mass is 427 g/mol. The van der Waals surface area contributed by atoms with E-state index in [2.05, 4.69) is 33.5 Å². The summed E-state index contributed by atoms with van der Waals surface area (Å²) in [5.74, 6) is 0.826. The standard InChI is InChI=1S/C17H25N5.HI/c1-3-22-10-4-5-16(22)13-21-17(19-2)20-12-15-8-6-14(11-18)7-9-15;/h6-9,16H,3-5,10,12-13H2,1-2H3,(H2,19,20,21);1H. The van der Waals surface area contributed by atoms with Gasteiger partial charge in [0.05, 0.1) is 11.6 Å². The van der Waals surface area contributed by atoms with Crippen molar-refractivity contribution in [2.24, 2.45) is 4.99 Å². The van der Waals surface area contributed by atoms with Crippen LogP contribution in [0.3, 0.4) is 0 Å². The zero-order chi connectivity index (χ0) is 15.8. The third-order valence-corrected chi connectivity index (χ3v) is 4.18. The number of halogens is 1. The smallest absolute Gasteiger partial charge is 0.191 e. The van der Waals surface area contributed by atoms with E-state index in [9.17, 15) is 0 Å². The Balaban J connectivity index is 0.00000264. The van der Waals surface area contributed by atoms with Gasteiger partial charge in [-0.05, 0) is 43.6 Å². The molecule has 1 unspecified atom stereocenters. The number of rotatable bonds is 5. The lowest BCUT2D eigenvalue weighted by Crippen LogP contribution is -2.44. The number of nitrogens with one attached hydrogen (secondary N) is 2. The largest absolute Gasteiger partial charge is 0.355 e. The second-order valence-electron chi connectivity index (χ2n) is 5.54. The van der Waals surface area contributed by atoms with Crippen LogP contribution in [-0.2, 0) is 6.54 Å². The highest BCUT2D eigenvalue weighted by molar-refractivity contribution is 14.0. The van der Waals surface area contributed by atoms with Crippen LogP contribution in [0, 0.1) is 11.3 Å². The van der Waals surface area contributed by atoms with E-state index in [-0.39, 0.29) is 24.0 Å². The second kappa shape index (κ2) is 10.4.